The van der Waals surface area contributed by atoms with E-state index in [1.165, 1.54) is 28.8 Å². The van der Waals surface area contributed by atoms with Gasteiger partial charge in [-0.3, -0.25) is 38.8 Å². The first-order chi connectivity index (χ1) is 21.3. The van der Waals surface area contributed by atoms with Crippen molar-refractivity contribution >= 4 is 68.7 Å². The molecule has 218 valence electrons. The molecule has 3 aromatic carbocycles. The molecule has 11 nitrogen and oxygen atoms in total. The van der Waals surface area contributed by atoms with E-state index in [9.17, 15) is 29.3 Å². The minimum atomic E-state index is -0.890. The fourth-order valence-electron chi connectivity index (χ4n) is 5.76. The summed E-state index contributed by atoms with van der Waals surface area (Å²) in [5, 5.41) is 15.6. The molecule has 3 amide bonds. The standard InChI is InChI=1S/C31H21N5O6S2/c37-23(33-20-8-7-17-4-1-2-5-18(17)14-20)16-34-30-27(44-31(34)40)24(19-6-3-13-32-15-19)25-26(43-30)29(39)35(28(25)38)21-9-11-22(12-10-21)36(41)42/h1-15,24-26H,16H2,(H,33,37)/t24-,25?,26?/m1/s1. The number of thioether (sulfide) groups is 1. The number of imide groups is 1. The Balaban J connectivity index is 1.24. The number of anilines is 2. The summed E-state index contributed by atoms with van der Waals surface area (Å²) in [6, 6.07) is 22.0. The first-order valence-corrected chi connectivity index (χ1v) is 15.2. The number of hydrogen-bond acceptors (Lipinski definition) is 9. The lowest BCUT2D eigenvalue weighted by atomic mass is 9.84. The number of rotatable bonds is 6. The molecule has 0 spiro atoms. The van der Waals surface area contributed by atoms with Crippen molar-refractivity contribution in [3.05, 3.63) is 121 Å². The number of carbonyl (C=O) groups is 3. The molecule has 1 fully saturated rings. The minimum absolute atomic E-state index is 0.166. The average Bonchev–Trinajstić information content (AvgIpc) is 3.47. The Kier molecular flexibility index (Phi) is 6.82. The zero-order valence-corrected chi connectivity index (χ0v) is 24.3. The predicted molar refractivity (Wildman–Crippen MR) is 166 cm³/mol. The molecule has 0 bridgehead atoms. The van der Waals surface area contributed by atoms with Crippen molar-refractivity contribution in [1.29, 1.82) is 0 Å². The van der Waals surface area contributed by atoms with Gasteiger partial charge in [-0.1, -0.05) is 59.5 Å². The lowest BCUT2D eigenvalue weighted by Gasteiger charge is -2.30. The molecule has 2 aliphatic heterocycles. The number of pyridine rings is 1. The van der Waals surface area contributed by atoms with Crippen LogP contribution in [0.1, 0.15) is 16.4 Å². The molecule has 0 radical (unpaired) electrons. The number of benzene rings is 3. The summed E-state index contributed by atoms with van der Waals surface area (Å²) in [7, 11) is 0. The number of amides is 3. The average molecular weight is 624 g/mol. The summed E-state index contributed by atoms with van der Waals surface area (Å²) in [6.07, 6.45) is 3.20. The van der Waals surface area contributed by atoms with Gasteiger partial charge in [-0.15, -0.1) is 0 Å². The Labute approximate surface area is 257 Å². The number of aromatic nitrogens is 2. The summed E-state index contributed by atoms with van der Waals surface area (Å²) < 4.78 is 1.35. The van der Waals surface area contributed by atoms with E-state index in [-0.39, 0.29) is 22.8 Å². The summed E-state index contributed by atoms with van der Waals surface area (Å²) in [5.74, 6) is -2.89. The third-order valence-corrected chi connectivity index (χ3v) is 10.4. The van der Waals surface area contributed by atoms with Crippen molar-refractivity contribution in [3.63, 3.8) is 0 Å². The van der Waals surface area contributed by atoms with Crippen molar-refractivity contribution in [2.45, 2.75) is 22.7 Å². The van der Waals surface area contributed by atoms with E-state index in [0.29, 0.717) is 21.2 Å². The number of thiazole rings is 1. The summed E-state index contributed by atoms with van der Waals surface area (Å²) in [5.41, 5.74) is 1.30. The zero-order chi connectivity index (χ0) is 30.5. The molecule has 5 aromatic rings. The highest BCUT2D eigenvalue weighted by molar-refractivity contribution is 8.00. The molecule has 13 heteroatoms. The highest BCUT2D eigenvalue weighted by Crippen LogP contribution is 2.53. The molecule has 0 saturated carbocycles. The number of carbonyl (C=O) groups excluding carboxylic acids is 3. The molecule has 1 N–H and O–H groups in total. The van der Waals surface area contributed by atoms with Gasteiger partial charge in [0.05, 0.1) is 21.6 Å². The first kappa shape index (κ1) is 27.7. The lowest BCUT2D eigenvalue weighted by Crippen LogP contribution is -2.33. The van der Waals surface area contributed by atoms with Crippen LogP contribution in [0.3, 0.4) is 0 Å². The van der Waals surface area contributed by atoms with E-state index in [0.717, 1.165) is 38.8 Å². The Morgan fingerprint density at radius 3 is 2.45 bits per heavy atom. The van der Waals surface area contributed by atoms with Gasteiger partial charge >= 0.3 is 4.87 Å². The fourth-order valence-corrected chi connectivity index (χ4v) is 8.54. The van der Waals surface area contributed by atoms with Gasteiger partial charge in [0, 0.05) is 41.0 Å². The van der Waals surface area contributed by atoms with Gasteiger partial charge in [-0.25, -0.2) is 4.90 Å². The second-order valence-corrected chi connectivity index (χ2v) is 12.5. The smallest absolute Gasteiger partial charge is 0.308 e. The van der Waals surface area contributed by atoms with Crippen LogP contribution < -0.4 is 15.1 Å². The molecule has 44 heavy (non-hydrogen) atoms. The van der Waals surface area contributed by atoms with Crippen LogP contribution in [0.5, 0.6) is 0 Å². The molecule has 4 heterocycles. The van der Waals surface area contributed by atoms with Crippen LogP contribution in [-0.2, 0) is 20.9 Å². The summed E-state index contributed by atoms with van der Waals surface area (Å²) in [6.45, 7) is -0.282. The van der Waals surface area contributed by atoms with Crippen LogP contribution in [-0.4, -0.2) is 37.4 Å². The third kappa shape index (κ3) is 4.66. The largest absolute Gasteiger partial charge is 0.325 e. The molecular formula is C31H21N5O6S2. The molecule has 1 saturated heterocycles. The van der Waals surface area contributed by atoms with Gasteiger partial charge in [0.25, 0.3) is 5.69 Å². The van der Waals surface area contributed by atoms with Crippen LogP contribution in [0.4, 0.5) is 17.1 Å². The maximum Gasteiger partial charge on any atom is 0.308 e. The van der Waals surface area contributed by atoms with E-state index < -0.39 is 39.7 Å². The number of nitrogens with one attached hydrogen (secondary N) is 1. The van der Waals surface area contributed by atoms with Gasteiger partial charge in [0.1, 0.15) is 11.8 Å². The second kappa shape index (κ2) is 10.8. The van der Waals surface area contributed by atoms with Gasteiger partial charge in [-0.05, 0) is 46.7 Å². The van der Waals surface area contributed by atoms with E-state index in [4.69, 9.17) is 0 Å². The van der Waals surface area contributed by atoms with E-state index in [2.05, 4.69) is 10.3 Å². The number of nitrogens with zero attached hydrogens (tertiary/aromatic N) is 4. The molecule has 7 rings (SSSR count). The first-order valence-electron chi connectivity index (χ1n) is 13.5. The van der Waals surface area contributed by atoms with Crippen LogP contribution in [0.2, 0.25) is 0 Å². The van der Waals surface area contributed by atoms with Crippen molar-refractivity contribution in [3.8, 4) is 0 Å². The monoisotopic (exact) mass is 623 g/mol. The number of nitro groups is 1. The number of fused-ring (bicyclic) bond motifs is 3. The number of nitro benzene ring substituents is 1. The third-order valence-electron chi connectivity index (χ3n) is 7.75. The number of non-ortho nitro benzene ring substituents is 1. The van der Waals surface area contributed by atoms with Gasteiger partial charge in [0.15, 0.2) is 0 Å². The van der Waals surface area contributed by atoms with Gasteiger partial charge < -0.3 is 5.32 Å². The van der Waals surface area contributed by atoms with Gasteiger partial charge in [-0.2, -0.15) is 0 Å². The number of hydrogen-bond donors (Lipinski definition) is 1. The second-order valence-electron chi connectivity index (χ2n) is 10.3. The Hall–Kier alpha value is -5.14. The molecule has 3 atom stereocenters. The normalized spacial score (nSPS) is 19.1. The van der Waals surface area contributed by atoms with Crippen LogP contribution in [0, 0.1) is 16.0 Å². The fraction of sp³-hybridized carbons (Fsp3) is 0.129. The summed E-state index contributed by atoms with van der Waals surface area (Å²) in [4.78, 5) is 70.3. The van der Waals surface area contributed by atoms with Crippen LogP contribution in [0.25, 0.3) is 10.8 Å². The van der Waals surface area contributed by atoms with Crippen LogP contribution in [0.15, 0.2) is 101 Å². The van der Waals surface area contributed by atoms with Crippen molar-refractivity contribution in [1.82, 2.24) is 9.55 Å². The maximum absolute atomic E-state index is 13.9. The van der Waals surface area contributed by atoms with Gasteiger partial charge in [0.2, 0.25) is 17.7 Å². The minimum Gasteiger partial charge on any atom is -0.325 e. The Morgan fingerprint density at radius 2 is 1.73 bits per heavy atom. The lowest BCUT2D eigenvalue weighted by molar-refractivity contribution is -0.384. The van der Waals surface area contributed by atoms with Crippen LogP contribution >= 0.6 is 23.1 Å². The van der Waals surface area contributed by atoms with Crippen molar-refractivity contribution < 1.29 is 19.3 Å². The van der Waals surface area contributed by atoms with Crippen molar-refractivity contribution in [2.75, 3.05) is 10.2 Å². The molecule has 2 aliphatic rings. The SMILES string of the molecule is O=C(Cn1c2c(sc1=O)[C@H](c1cccnc1)C1C(=O)N(c3ccc([N+](=O)[O-])cc3)C(=O)C1S2)Nc1ccc2ccccc2c1. The zero-order valence-electron chi connectivity index (χ0n) is 22.7. The molecular weight excluding hydrogens is 603 g/mol. The highest BCUT2D eigenvalue weighted by Gasteiger charge is 2.57. The topological polar surface area (TPSA) is 145 Å². The van der Waals surface area contributed by atoms with E-state index in [1.54, 1.807) is 30.6 Å². The quantitative estimate of drug-likeness (QED) is 0.161. The maximum atomic E-state index is 13.9. The van der Waals surface area contributed by atoms with E-state index in [1.807, 2.05) is 36.4 Å². The van der Waals surface area contributed by atoms with Crippen molar-refractivity contribution in [2.24, 2.45) is 5.92 Å². The molecule has 0 aliphatic carbocycles. The Morgan fingerprint density at radius 1 is 0.955 bits per heavy atom. The van der Waals surface area contributed by atoms with E-state index >= 15 is 0 Å². The molecule has 2 aromatic heterocycles. The molecule has 2 unspecified atom stereocenters. The summed E-state index contributed by atoms with van der Waals surface area (Å²) >= 11 is 2.04. The Bertz CT molecular complexity index is 2040. The predicted octanol–water partition coefficient (Wildman–Crippen LogP) is 4.80. The highest BCUT2D eigenvalue weighted by atomic mass is 32.2.